The summed E-state index contributed by atoms with van der Waals surface area (Å²) >= 11 is 0. The smallest absolute Gasteiger partial charge is 0.305 e. The number of ether oxygens (including phenoxy) is 1. The maximum Gasteiger partial charge on any atom is 0.305 e. The van der Waals surface area contributed by atoms with E-state index in [9.17, 15) is 9.90 Å². The lowest BCUT2D eigenvalue weighted by molar-refractivity contribution is -0.140. The predicted octanol–water partition coefficient (Wildman–Crippen LogP) is 4.45. The zero-order valence-electron chi connectivity index (χ0n) is 17.8. The van der Waals surface area contributed by atoms with E-state index in [4.69, 9.17) is 9.72 Å². The molecule has 31 heavy (non-hydrogen) atoms. The number of nitrogens with zero attached hydrogens (tertiary/aromatic N) is 2. The first-order valence-corrected chi connectivity index (χ1v) is 10.5. The number of carbonyl (C=O) groups is 1. The summed E-state index contributed by atoms with van der Waals surface area (Å²) in [6.45, 7) is 2.69. The van der Waals surface area contributed by atoms with Crippen LogP contribution in [0.4, 0.5) is 0 Å². The molecule has 0 atom stereocenters. The third kappa shape index (κ3) is 3.84. The Balaban J connectivity index is 1.88. The van der Waals surface area contributed by atoms with Gasteiger partial charge in [0.15, 0.2) is 11.4 Å². The molecular formula is C26H26N2O3. The van der Waals surface area contributed by atoms with Gasteiger partial charge in [0.2, 0.25) is 0 Å². The lowest BCUT2D eigenvalue weighted by Gasteiger charge is -2.29. The van der Waals surface area contributed by atoms with Gasteiger partial charge in [-0.2, -0.15) is 0 Å². The Morgan fingerprint density at radius 2 is 1.61 bits per heavy atom. The van der Waals surface area contributed by atoms with Crippen LogP contribution in [0.1, 0.15) is 35.9 Å². The van der Waals surface area contributed by atoms with Crippen LogP contribution < -0.4 is 0 Å². The van der Waals surface area contributed by atoms with Crippen molar-refractivity contribution in [2.75, 3.05) is 7.11 Å². The predicted molar refractivity (Wildman–Crippen MR) is 121 cm³/mol. The van der Waals surface area contributed by atoms with Gasteiger partial charge in [0, 0.05) is 13.0 Å². The number of carbonyl (C=O) groups excluding carboxylic acids is 1. The van der Waals surface area contributed by atoms with Crippen molar-refractivity contribution in [1.82, 2.24) is 9.55 Å². The van der Waals surface area contributed by atoms with Crippen molar-refractivity contribution in [3.8, 4) is 0 Å². The number of methoxy groups -OCH3 is 1. The van der Waals surface area contributed by atoms with Crippen LogP contribution in [0.5, 0.6) is 0 Å². The SMILES string of the molecule is CCn1c(C(O)(c2ccccc2)c2ccccc2)nc2ccc(CCC(=O)OC)cc21. The number of esters is 1. The summed E-state index contributed by atoms with van der Waals surface area (Å²) in [6, 6.07) is 25.2. The molecule has 0 amide bonds. The highest BCUT2D eigenvalue weighted by atomic mass is 16.5. The van der Waals surface area contributed by atoms with Crippen LogP contribution in [0.2, 0.25) is 0 Å². The van der Waals surface area contributed by atoms with Gasteiger partial charge in [-0.05, 0) is 42.2 Å². The fourth-order valence-electron chi connectivity index (χ4n) is 4.05. The Labute approximate surface area is 181 Å². The van der Waals surface area contributed by atoms with Crippen molar-refractivity contribution in [3.05, 3.63) is 101 Å². The number of hydrogen-bond acceptors (Lipinski definition) is 4. The minimum atomic E-state index is -1.40. The average molecular weight is 415 g/mol. The molecule has 5 heteroatoms. The van der Waals surface area contributed by atoms with Crippen LogP contribution >= 0.6 is 0 Å². The first-order chi connectivity index (χ1) is 15.1. The minimum Gasteiger partial charge on any atom is -0.469 e. The molecule has 1 N–H and O–H groups in total. The molecule has 4 rings (SSSR count). The highest BCUT2D eigenvalue weighted by Gasteiger charge is 2.38. The summed E-state index contributed by atoms with van der Waals surface area (Å²) in [7, 11) is 1.40. The molecule has 1 heterocycles. The maximum absolute atomic E-state index is 12.2. The number of aryl methyl sites for hydroxylation is 2. The number of fused-ring (bicyclic) bond motifs is 1. The number of imidazole rings is 1. The second-order valence-corrected chi connectivity index (χ2v) is 7.52. The standard InChI is InChI=1S/C26H26N2O3/c1-3-28-23-18-19(15-17-24(29)31-2)14-16-22(23)27-25(28)26(30,20-10-6-4-7-11-20)21-12-8-5-9-13-21/h4-14,16,18,30H,3,15,17H2,1-2H3. The molecule has 5 nitrogen and oxygen atoms in total. The molecule has 0 aliphatic carbocycles. The minimum absolute atomic E-state index is 0.229. The highest BCUT2D eigenvalue weighted by molar-refractivity contribution is 5.78. The average Bonchev–Trinajstić information content (AvgIpc) is 3.21. The lowest BCUT2D eigenvalue weighted by Crippen LogP contribution is -2.32. The third-order valence-corrected chi connectivity index (χ3v) is 5.68. The Bertz CT molecular complexity index is 1140. The molecule has 0 bridgehead atoms. The number of aromatic nitrogens is 2. The van der Waals surface area contributed by atoms with E-state index in [0.29, 0.717) is 25.2 Å². The van der Waals surface area contributed by atoms with E-state index in [-0.39, 0.29) is 5.97 Å². The molecule has 0 radical (unpaired) electrons. The molecule has 0 fully saturated rings. The van der Waals surface area contributed by atoms with Gasteiger partial charge in [-0.3, -0.25) is 4.79 Å². The normalized spacial score (nSPS) is 11.6. The van der Waals surface area contributed by atoms with Crippen LogP contribution in [0, 0.1) is 0 Å². The topological polar surface area (TPSA) is 64.3 Å². The Morgan fingerprint density at radius 1 is 1.00 bits per heavy atom. The van der Waals surface area contributed by atoms with Gasteiger partial charge in [-0.15, -0.1) is 0 Å². The summed E-state index contributed by atoms with van der Waals surface area (Å²) < 4.78 is 6.81. The number of aliphatic hydroxyl groups is 1. The van der Waals surface area contributed by atoms with E-state index < -0.39 is 5.60 Å². The Kier molecular flexibility index (Phi) is 5.87. The van der Waals surface area contributed by atoms with E-state index in [0.717, 1.165) is 27.7 Å². The van der Waals surface area contributed by atoms with Crippen LogP contribution in [-0.4, -0.2) is 27.7 Å². The largest absolute Gasteiger partial charge is 0.469 e. The second kappa shape index (κ2) is 8.74. The van der Waals surface area contributed by atoms with Gasteiger partial charge < -0.3 is 14.4 Å². The van der Waals surface area contributed by atoms with E-state index in [1.807, 2.05) is 79.7 Å². The number of hydrogen-bond donors (Lipinski definition) is 1. The van der Waals surface area contributed by atoms with E-state index in [1.54, 1.807) is 0 Å². The van der Waals surface area contributed by atoms with Gasteiger partial charge in [-0.1, -0.05) is 66.7 Å². The van der Waals surface area contributed by atoms with Gasteiger partial charge in [-0.25, -0.2) is 4.98 Å². The van der Waals surface area contributed by atoms with Gasteiger partial charge in [0.1, 0.15) is 0 Å². The molecule has 4 aromatic rings. The molecule has 0 aliphatic rings. The molecule has 0 saturated carbocycles. The van der Waals surface area contributed by atoms with Crippen LogP contribution in [0.3, 0.4) is 0 Å². The first-order valence-electron chi connectivity index (χ1n) is 10.5. The second-order valence-electron chi connectivity index (χ2n) is 7.52. The first kappa shape index (κ1) is 20.8. The number of rotatable bonds is 7. The summed E-state index contributed by atoms with van der Waals surface area (Å²) in [5, 5.41) is 12.2. The molecule has 0 spiro atoms. The Morgan fingerprint density at radius 3 is 2.16 bits per heavy atom. The lowest BCUT2D eigenvalue weighted by atomic mass is 9.85. The van der Waals surface area contributed by atoms with Crippen molar-refractivity contribution in [2.24, 2.45) is 0 Å². The van der Waals surface area contributed by atoms with E-state index >= 15 is 0 Å². The van der Waals surface area contributed by atoms with Crippen molar-refractivity contribution in [3.63, 3.8) is 0 Å². The summed E-state index contributed by atoms with van der Waals surface area (Å²) in [5.41, 5.74) is 2.90. The molecule has 158 valence electrons. The molecule has 0 saturated heterocycles. The van der Waals surface area contributed by atoms with Crippen molar-refractivity contribution >= 4 is 17.0 Å². The van der Waals surface area contributed by atoms with Crippen LogP contribution in [0.25, 0.3) is 11.0 Å². The van der Waals surface area contributed by atoms with Crippen LogP contribution in [-0.2, 0) is 28.1 Å². The fourth-order valence-corrected chi connectivity index (χ4v) is 4.05. The van der Waals surface area contributed by atoms with Gasteiger partial charge in [0.05, 0.1) is 18.1 Å². The van der Waals surface area contributed by atoms with Crippen molar-refractivity contribution in [2.45, 2.75) is 31.9 Å². The molecule has 3 aromatic carbocycles. The summed E-state index contributed by atoms with van der Waals surface area (Å²) in [5.74, 6) is 0.347. The monoisotopic (exact) mass is 414 g/mol. The van der Waals surface area contributed by atoms with E-state index in [1.165, 1.54) is 7.11 Å². The molecular weight excluding hydrogens is 388 g/mol. The fraction of sp³-hybridized carbons (Fsp3) is 0.231. The molecule has 0 unspecified atom stereocenters. The highest BCUT2D eigenvalue weighted by Crippen LogP contribution is 2.37. The van der Waals surface area contributed by atoms with E-state index in [2.05, 4.69) is 10.6 Å². The van der Waals surface area contributed by atoms with Crippen molar-refractivity contribution < 1.29 is 14.6 Å². The molecule has 0 aliphatic heterocycles. The summed E-state index contributed by atoms with van der Waals surface area (Å²) in [4.78, 5) is 16.4. The van der Waals surface area contributed by atoms with Crippen LogP contribution in [0.15, 0.2) is 78.9 Å². The molecule has 1 aromatic heterocycles. The van der Waals surface area contributed by atoms with Crippen molar-refractivity contribution in [1.29, 1.82) is 0 Å². The zero-order chi connectivity index (χ0) is 21.8. The third-order valence-electron chi connectivity index (χ3n) is 5.68. The van der Waals surface area contributed by atoms with Gasteiger partial charge in [0.25, 0.3) is 0 Å². The quantitative estimate of drug-likeness (QED) is 0.454. The summed E-state index contributed by atoms with van der Waals surface area (Å²) in [6.07, 6.45) is 0.918. The van der Waals surface area contributed by atoms with Gasteiger partial charge >= 0.3 is 5.97 Å². The number of benzene rings is 3. The maximum atomic E-state index is 12.2. The zero-order valence-corrected chi connectivity index (χ0v) is 17.8. The Hall–Kier alpha value is -3.44.